The lowest BCUT2D eigenvalue weighted by Crippen LogP contribution is -2.27. The summed E-state index contributed by atoms with van der Waals surface area (Å²) in [6.07, 6.45) is 4.93. The summed E-state index contributed by atoms with van der Waals surface area (Å²) in [5, 5.41) is 2.74. The second kappa shape index (κ2) is 7.51. The summed E-state index contributed by atoms with van der Waals surface area (Å²) in [5.74, 6) is 1.23. The van der Waals surface area contributed by atoms with Gasteiger partial charge in [0.05, 0.1) is 15.6 Å². The minimum absolute atomic E-state index is 0.255. The molecule has 0 spiro atoms. The fraction of sp³-hybridized carbons (Fsp3) is 0.294. The van der Waals surface area contributed by atoms with Crippen LogP contribution in [0.4, 0.5) is 0 Å². The molecule has 3 aromatic rings. The van der Waals surface area contributed by atoms with E-state index in [9.17, 15) is 8.42 Å². The van der Waals surface area contributed by atoms with Gasteiger partial charge in [-0.15, -0.1) is 11.3 Å². The number of pyridine rings is 1. The third kappa shape index (κ3) is 3.71. The molecule has 0 saturated carbocycles. The smallest absolute Gasteiger partial charge is 0.244 e. The van der Waals surface area contributed by atoms with Crippen LogP contribution in [0.1, 0.15) is 18.5 Å². The zero-order valence-electron chi connectivity index (χ0n) is 13.9. The van der Waals surface area contributed by atoms with Gasteiger partial charge in [-0.2, -0.15) is 4.31 Å². The van der Waals surface area contributed by atoms with E-state index in [4.69, 9.17) is 4.42 Å². The quantitative estimate of drug-likeness (QED) is 0.577. The van der Waals surface area contributed by atoms with Gasteiger partial charge in [0.15, 0.2) is 0 Å². The van der Waals surface area contributed by atoms with Crippen molar-refractivity contribution in [3.63, 3.8) is 0 Å². The van der Waals surface area contributed by atoms with Gasteiger partial charge in [0.1, 0.15) is 11.2 Å². The summed E-state index contributed by atoms with van der Waals surface area (Å²) in [6.45, 7) is 1.19. The fourth-order valence-corrected chi connectivity index (χ4v) is 5.56. The average molecular weight is 408 g/mol. The van der Waals surface area contributed by atoms with Crippen LogP contribution < -0.4 is 0 Å². The number of oxazole rings is 1. The molecule has 26 heavy (non-hydrogen) atoms. The molecule has 0 unspecified atom stereocenters. The van der Waals surface area contributed by atoms with Gasteiger partial charge in [0.25, 0.3) is 0 Å². The van der Waals surface area contributed by atoms with Crippen LogP contribution in [0.2, 0.25) is 0 Å². The second-order valence-electron chi connectivity index (χ2n) is 5.85. The summed E-state index contributed by atoms with van der Waals surface area (Å²) in [4.78, 5) is 10.0. The van der Waals surface area contributed by atoms with Crippen molar-refractivity contribution in [3.8, 4) is 10.8 Å². The van der Waals surface area contributed by atoms with Gasteiger partial charge in [-0.25, -0.2) is 18.4 Å². The minimum atomic E-state index is -3.41. The van der Waals surface area contributed by atoms with E-state index >= 15 is 0 Å². The van der Waals surface area contributed by atoms with Crippen LogP contribution in [0.15, 0.2) is 56.4 Å². The molecule has 1 fully saturated rings. The Balaban J connectivity index is 1.40. The van der Waals surface area contributed by atoms with Crippen LogP contribution >= 0.6 is 23.1 Å². The Labute approximate surface area is 160 Å². The summed E-state index contributed by atoms with van der Waals surface area (Å²) in [5.41, 5.74) is 0.828. The summed E-state index contributed by atoms with van der Waals surface area (Å²) >= 11 is 3.08. The van der Waals surface area contributed by atoms with Gasteiger partial charge < -0.3 is 4.42 Å². The lowest BCUT2D eigenvalue weighted by molar-refractivity contribution is 0.477. The molecule has 6 nitrogen and oxygen atoms in total. The molecule has 9 heteroatoms. The van der Waals surface area contributed by atoms with Crippen LogP contribution in [-0.4, -0.2) is 35.8 Å². The molecule has 1 saturated heterocycles. The Hall–Kier alpha value is -1.68. The van der Waals surface area contributed by atoms with Gasteiger partial charge in [0.2, 0.25) is 15.9 Å². The van der Waals surface area contributed by atoms with Crippen molar-refractivity contribution >= 4 is 33.1 Å². The molecule has 0 amide bonds. The zero-order valence-corrected chi connectivity index (χ0v) is 16.3. The minimum Gasteiger partial charge on any atom is -0.444 e. The monoisotopic (exact) mass is 407 g/mol. The van der Waals surface area contributed by atoms with Crippen LogP contribution in [0.3, 0.4) is 0 Å². The second-order valence-corrected chi connectivity index (χ2v) is 9.73. The van der Waals surface area contributed by atoms with E-state index in [0.29, 0.717) is 24.7 Å². The molecule has 0 atom stereocenters. The van der Waals surface area contributed by atoms with Crippen LogP contribution in [0, 0.1) is 0 Å². The summed E-state index contributed by atoms with van der Waals surface area (Å²) in [6, 6.07) is 7.30. The first-order valence-corrected chi connectivity index (χ1v) is 11.5. The Kier molecular flexibility index (Phi) is 5.12. The molecular weight excluding hydrogens is 390 g/mol. The van der Waals surface area contributed by atoms with Crippen molar-refractivity contribution in [2.45, 2.75) is 28.5 Å². The van der Waals surface area contributed by atoms with E-state index in [1.807, 2.05) is 17.5 Å². The molecule has 0 aliphatic carbocycles. The Morgan fingerprint density at radius 3 is 2.77 bits per heavy atom. The maximum Gasteiger partial charge on any atom is 0.244 e. The highest BCUT2D eigenvalue weighted by Gasteiger charge is 2.27. The Bertz CT molecular complexity index is 960. The first-order valence-electron chi connectivity index (χ1n) is 8.20. The summed E-state index contributed by atoms with van der Waals surface area (Å²) in [7, 11) is -3.41. The number of aromatic nitrogens is 2. The topological polar surface area (TPSA) is 76.3 Å². The number of hydrogen-bond donors (Lipinski definition) is 0. The molecular formula is C17H17N3O3S3. The molecule has 1 aliphatic heterocycles. The fourth-order valence-electron chi connectivity index (χ4n) is 2.72. The number of thioether (sulfide) groups is 1. The molecule has 4 rings (SSSR count). The van der Waals surface area contributed by atoms with Gasteiger partial charge in [-0.1, -0.05) is 17.8 Å². The highest BCUT2D eigenvalue weighted by Crippen LogP contribution is 2.27. The number of rotatable bonds is 6. The first kappa shape index (κ1) is 17.7. The molecule has 136 valence electrons. The maximum atomic E-state index is 12.5. The van der Waals surface area contributed by atoms with Gasteiger partial charge >= 0.3 is 0 Å². The van der Waals surface area contributed by atoms with E-state index < -0.39 is 10.0 Å². The SMILES string of the molecule is O=S(=O)(c1ccc(SCc2coc(-c3cccs3)n2)nc1)N1CCCC1. The van der Waals surface area contributed by atoms with E-state index in [1.54, 1.807) is 29.7 Å². The van der Waals surface area contributed by atoms with Crippen molar-refractivity contribution < 1.29 is 12.8 Å². The predicted octanol–water partition coefficient (Wildman–Crippen LogP) is 3.87. The van der Waals surface area contributed by atoms with Crippen molar-refractivity contribution in [3.05, 3.63) is 47.8 Å². The first-order chi connectivity index (χ1) is 12.6. The molecule has 0 bridgehead atoms. The molecule has 0 aromatic carbocycles. The molecule has 4 heterocycles. The predicted molar refractivity (Wildman–Crippen MR) is 102 cm³/mol. The number of nitrogens with zero attached hydrogens (tertiary/aromatic N) is 3. The average Bonchev–Trinajstić information content (AvgIpc) is 3.42. The molecule has 1 aliphatic rings. The van der Waals surface area contributed by atoms with E-state index in [2.05, 4.69) is 9.97 Å². The highest BCUT2D eigenvalue weighted by atomic mass is 32.2. The third-order valence-corrected chi connectivity index (χ3v) is 7.78. The van der Waals surface area contributed by atoms with Crippen molar-refractivity contribution in [1.29, 1.82) is 0 Å². The largest absolute Gasteiger partial charge is 0.444 e. The number of thiophene rings is 1. The lowest BCUT2D eigenvalue weighted by Gasteiger charge is -2.15. The van der Waals surface area contributed by atoms with Crippen LogP contribution in [0.25, 0.3) is 10.8 Å². The van der Waals surface area contributed by atoms with Crippen molar-refractivity contribution in [2.24, 2.45) is 0 Å². The van der Waals surface area contributed by atoms with Gasteiger partial charge in [-0.05, 0) is 36.4 Å². The van der Waals surface area contributed by atoms with Crippen LogP contribution in [0.5, 0.6) is 0 Å². The summed E-state index contributed by atoms with van der Waals surface area (Å²) < 4.78 is 32.0. The van der Waals surface area contributed by atoms with Gasteiger partial charge in [-0.3, -0.25) is 0 Å². The van der Waals surface area contributed by atoms with E-state index in [1.165, 1.54) is 22.3 Å². The standard InChI is InChI=1S/C17H17N3O3S3/c21-26(22,20-7-1-2-8-20)14-5-6-16(18-10-14)25-12-13-11-23-17(19-13)15-4-3-9-24-15/h3-6,9-11H,1-2,7-8,12H2. The van der Waals surface area contributed by atoms with Crippen molar-refractivity contribution in [1.82, 2.24) is 14.3 Å². The maximum absolute atomic E-state index is 12.5. The highest BCUT2D eigenvalue weighted by molar-refractivity contribution is 7.98. The van der Waals surface area contributed by atoms with E-state index in [-0.39, 0.29) is 4.90 Å². The molecule has 0 N–H and O–H groups in total. The Morgan fingerprint density at radius 2 is 2.08 bits per heavy atom. The normalized spacial score (nSPS) is 15.5. The van der Waals surface area contributed by atoms with Gasteiger partial charge in [0, 0.05) is 25.0 Å². The zero-order chi connectivity index (χ0) is 18.0. The number of hydrogen-bond acceptors (Lipinski definition) is 7. The Morgan fingerprint density at radius 1 is 1.23 bits per heavy atom. The molecule has 3 aromatic heterocycles. The van der Waals surface area contributed by atoms with Crippen LogP contribution in [-0.2, 0) is 15.8 Å². The molecule has 0 radical (unpaired) electrons. The third-order valence-electron chi connectivity index (χ3n) is 4.06. The van der Waals surface area contributed by atoms with Crippen molar-refractivity contribution in [2.75, 3.05) is 13.1 Å². The lowest BCUT2D eigenvalue weighted by atomic mass is 10.4. The number of sulfonamides is 1. The van der Waals surface area contributed by atoms with E-state index in [0.717, 1.165) is 28.4 Å².